The average molecular weight is 217 g/mol. The average Bonchev–Trinajstić information content (AvgIpc) is 2.82. The lowest BCUT2D eigenvalue weighted by Crippen LogP contribution is -2.26. The minimum absolute atomic E-state index is 0.0910. The number of amides is 1. The Morgan fingerprint density at radius 2 is 2.12 bits per heavy atom. The third-order valence-corrected chi connectivity index (χ3v) is 2.13. The Morgan fingerprint density at radius 1 is 1.38 bits per heavy atom. The van der Waals surface area contributed by atoms with Crippen LogP contribution in [0.1, 0.15) is 16.1 Å². The van der Waals surface area contributed by atoms with E-state index in [0.717, 1.165) is 0 Å². The van der Waals surface area contributed by atoms with Crippen LogP contribution in [0.15, 0.2) is 42.9 Å². The van der Waals surface area contributed by atoms with Crippen LogP contribution >= 0.6 is 0 Å². The zero-order valence-electron chi connectivity index (χ0n) is 8.50. The fourth-order valence-corrected chi connectivity index (χ4v) is 1.33. The fourth-order valence-electron chi connectivity index (χ4n) is 1.33. The molecule has 0 spiro atoms. The lowest BCUT2D eigenvalue weighted by molar-refractivity contribution is -0.0654. The van der Waals surface area contributed by atoms with Gasteiger partial charge in [-0.15, -0.1) is 0 Å². The summed E-state index contributed by atoms with van der Waals surface area (Å²) < 4.78 is 0. The van der Waals surface area contributed by atoms with E-state index in [4.69, 9.17) is 0 Å². The van der Waals surface area contributed by atoms with Gasteiger partial charge in [0.15, 0.2) is 0 Å². The molecule has 0 atom stereocenters. The van der Waals surface area contributed by atoms with Crippen LogP contribution in [0, 0.1) is 0 Å². The quantitative estimate of drug-likeness (QED) is 0.603. The van der Waals surface area contributed by atoms with Gasteiger partial charge in [0.05, 0.1) is 18.6 Å². The number of hydrogen-bond donors (Lipinski definition) is 2. The maximum absolute atomic E-state index is 11.7. The number of hydrogen-bond acceptors (Lipinski definition) is 3. The molecule has 0 aliphatic heterocycles. The van der Waals surface area contributed by atoms with E-state index >= 15 is 0 Å². The Morgan fingerprint density at radius 3 is 2.75 bits per heavy atom. The van der Waals surface area contributed by atoms with Gasteiger partial charge in [-0.1, -0.05) is 18.2 Å². The molecule has 1 aromatic heterocycles. The first kappa shape index (κ1) is 10.4. The summed E-state index contributed by atoms with van der Waals surface area (Å²) in [5, 5.41) is 10.2. The van der Waals surface area contributed by atoms with E-state index in [1.165, 1.54) is 6.33 Å². The molecule has 1 amide bonds. The predicted molar refractivity (Wildman–Crippen MR) is 56.7 cm³/mol. The summed E-state index contributed by atoms with van der Waals surface area (Å²) in [7, 11) is 0. The van der Waals surface area contributed by atoms with Gasteiger partial charge in [0.1, 0.15) is 0 Å². The summed E-state index contributed by atoms with van der Waals surface area (Å²) in [5.41, 5.74) is 1.12. The Labute approximate surface area is 92.3 Å². The van der Waals surface area contributed by atoms with E-state index in [1.54, 1.807) is 30.5 Å². The number of nitrogens with zero attached hydrogens (tertiary/aromatic N) is 2. The van der Waals surface area contributed by atoms with Crippen molar-refractivity contribution in [2.45, 2.75) is 6.54 Å². The smallest absolute Gasteiger partial charge is 0.277 e. The summed E-state index contributed by atoms with van der Waals surface area (Å²) in [5.74, 6) is -0.435. The summed E-state index contributed by atoms with van der Waals surface area (Å²) in [6, 6.07) is 8.61. The van der Waals surface area contributed by atoms with Gasteiger partial charge in [0, 0.05) is 11.8 Å². The SMILES string of the molecule is O=C(c1ccccc1)N(O)Cc1cnc[nH]1. The van der Waals surface area contributed by atoms with Crippen LogP contribution in [0.5, 0.6) is 0 Å². The van der Waals surface area contributed by atoms with Crippen LogP contribution in [0.3, 0.4) is 0 Å². The molecule has 2 aromatic rings. The molecular formula is C11H11N3O2. The van der Waals surface area contributed by atoms with Crippen molar-refractivity contribution in [2.75, 3.05) is 0 Å². The van der Waals surface area contributed by atoms with Gasteiger partial charge in [-0.2, -0.15) is 0 Å². The molecule has 2 N–H and O–H groups in total. The monoisotopic (exact) mass is 217 g/mol. The van der Waals surface area contributed by atoms with E-state index in [0.29, 0.717) is 16.3 Å². The van der Waals surface area contributed by atoms with Crippen molar-refractivity contribution >= 4 is 5.91 Å². The number of aromatic nitrogens is 2. The highest BCUT2D eigenvalue weighted by atomic mass is 16.5. The Kier molecular flexibility index (Phi) is 2.98. The summed E-state index contributed by atoms with van der Waals surface area (Å²) >= 11 is 0. The van der Waals surface area contributed by atoms with Crippen molar-refractivity contribution in [3.05, 3.63) is 54.1 Å². The minimum Gasteiger partial charge on any atom is -0.347 e. The van der Waals surface area contributed by atoms with Crippen molar-refractivity contribution in [2.24, 2.45) is 0 Å². The molecule has 0 aliphatic carbocycles. The molecule has 0 radical (unpaired) electrons. The normalized spacial score (nSPS) is 10.1. The number of carbonyl (C=O) groups is 1. The van der Waals surface area contributed by atoms with Crippen molar-refractivity contribution in [1.29, 1.82) is 0 Å². The molecule has 0 saturated carbocycles. The van der Waals surface area contributed by atoms with Gasteiger partial charge in [0.25, 0.3) is 5.91 Å². The third kappa shape index (κ3) is 2.26. The summed E-state index contributed by atoms with van der Waals surface area (Å²) in [4.78, 5) is 18.3. The highest BCUT2D eigenvalue weighted by Crippen LogP contribution is 2.05. The summed E-state index contributed by atoms with van der Waals surface area (Å²) in [6.45, 7) is 0.0910. The lowest BCUT2D eigenvalue weighted by Gasteiger charge is -2.13. The molecule has 0 bridgehead atoms. The summed E-state index contributed by atoms with van der Waals surface area (Å²) in [6.07, 6.45) is 3.05. The molecule has 5 nitrogen and oxygen atoms in total. The van der Waals surface area contributed by atoms with E-state index in [2.05, 4.69) is 9.97 Å². The number of carbonyl (C=O) groups excluding carboxylic acids is 1. The largest absolute Gasteiger partial charge is 0.347 e. The van der Waals surface area contributed by atoms with Crippen LogP contribution in [0.25, 0.3) is 0 Å². The number of imidazole rings is 1. The van der Waals surface area contributed by atoms with Crippen LogP contribution in [0.2, 0.25) is 0 Å². The van der Waals surface area contributed by atoms with E-state index in [9.17, 15) is 10.0 Å². The second-order valence-electron chi connectivity index (χ2n) is 3.31. The van der Waals surface area contributed by atoms with Gasteiger partial charge in [-0.3, -0.25) is 10.0 Å². The lowest BCUT2D eigenvalue weighted by atomic mass is 10.2. The second kappa shape index (κ2) is 4.59. The second-order valence-corrected chi connectivity index (χ2v) is 3.31. The van der Waals surface area contributed by atoms with E-state index < -0.39 is 5.91 Å². The Hall–Kier alpha value is -2.14. The van der Waals surface area contributed by atoms with Crippen LogP contribution < -0.4 is 0 Å². The van der Waals surface area contributed by atoms with Gasteiger partial charge >= 0.3 is 0 Å². The van der Waals surface area contributed by atoms with Gasteiger partial charge in [0.2, 0.25) is 0 Å². The van der Waals surface area contributed by atoms with Crippen LogP contribution in [-0.4, -0.2) is 26.1 Å². The Bertz CT molecular complexity index is 453. The maximum atomic E-state index is 11.7. The van der Waals surface area contributed by atoms with Crippen molar-refractivity contribution in [1.82, 2.24) is 15.0 Å². The minimum atomic E-state index is -0.435. The third-order valence-electron chi connectivity index (χ3n) is 2.13. The molecule has 82 valence electrons. The first-order valence-corrected chi connectivity index (χ1v) is 4.80. The topological polar surface area (TPSA) is 69.2 Å². The Balaban J connectivity index is 2.05. The molecule has 0 unspecified atom stereocenters. The fraction of sp³-hybridized carbons (Fsp3) is 0.0909. The molecule has 1 heterocycles. The molecule has 0 fully saturated rings. The van der Waals surface area contributed by atoms with Crippen molar-refractivity contribution in [3.8, 4) is 0 Å². The highest BCUT2D eigenvalue weighted by Gasteiger charge is 2.13. The molecule has 5 heteroatoms. The number of H-pyrrole nitrogens is 1. The van der Waals surface area contributed by atoms with E-state index in [1.807, 2.05) is 6.07 Å². The molecule has 2 rings (SSSR count). The van der Waals surface area contributed by atoms with Crippen LogP contribution in [0.4, 0.5) is 0 Å². The van der Waals surface area contributed by atoms with Crippen molar-refractivity contribution in [3.63, 3.8) is 0 Å². The zero-order valence-corrected chi connectivity index (χ0v) is 8.50. The van der Waals surface area contributed by atoms with Gasteiger partial charge in [-0.25, -0.2) is 10.0 Å². The number of benzene rings is 1. The zero-order chi connectivity index (χ0) is 11.4. The molecule has 0 aliphatic rings. The predicted octanol–water partition coefficient (Wildman–Crippen LogP) is 1.44. The van der Waals surface area contributed by atoms with Crippen LogP contribution in [-0.2, 0) is 6.54 Å². The molecule has 1 aromatic carbocycles. The first-order chi connectivity index (χ1) is 7.77. The number of rotatable bonds is 3. The molecule has 0 saturated heterocycles. The van der Waals surface area contributed by atoms with E-state index in [-0.39, 0.29) is 6.54 Å². The van der Waals surface area contributed by atoms with Gasteiger partial charge in [-0.05, 0) is 12.1 Å². The van der Waals surface area contributed by atoms with Crippen molar-refractivity contribution < 1.29 is 10.0 Å². The standard InChI is InChI=1S/C11H11N3O2/c15-11(9-4-2-1-3-5-9)14(16)7-10-6-12-8-13-10/h1-6,8,16H,7H2,(H,12,13). The highest BCUT2D eigenvalue weighted by molar-refractivity contribution is 5.93. The maximum Gasteiger partial charge on any atom is 0.277 e. The molecule has 16 heavy (non-hydrogen) atoms. The number of nitrogens with one attached hydrogen (secondary N) is 1. The molecular weight excluding hydrogens is 206 g/mol. The van der Waals surface area contributed by atoms with Gasteiger partial charge < -0.3 is 4.98 Å². The first-order valence-electron chi connectivity index (χ1n) is 4.80. The number of hydroxylamine groups is 2. The number of aromatic amines is 1.